The molecule has 0 bridgehead atoms. The van der Waals surface area contributed by atoms with E-state index < -0.39 is 6.10 Å². The minimum absolute atomic E-state index is 0.136. The van der Waals surface area contributed by atoms with E-state index in [2.05, 4.69) is 5.10 Å². The highest BCUT2D eigenvalue weighted by atomic mass is 35.5. The summed E-state index contributed by atoms with van der Waals surface area (Å²) in [5, 5.41) is 14.7. The summed E-state index contributed by atoms with van der Waals surface area (Å²) in [7, 11) is 0. The summed E-state index contributed by atoms with van der Waals surface area (Å²) in [5.74, 6) is -0.136. The van der Waals surface area contributed by atoms with Crippen molar-refractivity contribution in [3.05, 3.63) is 46.2 Å². The molecule has 1 aliphatic heterocycles. The van der Waals surface area contributed by atoms with Gasteiger partial charge in [-0.05, 0) is 24.6 Å². The first-order valence-electron chi connectivity index (χ1n) is 6.52. The summed E-state index contributed by atoms with van der Waals surface area (Å²) < 4.78 is 1.54. The van der Waals surface area contributed by atoms with E-state index in [4.69, 9.17) is 23.2 Å². The summed E-state index contributed by atoms with van der Waals surface area (Å²) in [6, 6.07) is 5.08. The van der Waals surface area contributed by atoms with Crippen molar-refractivity contribution in [3.63, 3.8) is 0 Å². The maximum absolute atomic E-state index is 12.3. The van der Waals surface area contributed by atoms with E-state index in [1.807, 2.05) is 0 Å². The second kappa shape index (κ2) is 5.67. The number of carbonyl (C=O) groups excluding carboxylic acids is 1. The largest absolute Gasteiger partial charge is 0.391 e. The lowest BCUT2D eigenvalue weighted by Gasteiger charge is -2.13. The van der Waals surface area contributed by atoms with Gasteiger partial charge in [0.25, 0.3) is 5.91 Å². The van der Waals surface area contributed by atoms with Gasteiger partial charge in [0, 0.05) is 24.3 Å². The Balaban J connectivity index is 1.84. The Morgan fingerprint density at radius 1 is 1.38 bits per heavy atom. The topological polar surface area (TPSA) is 58.4 Å². The van der Waals surface area contributed by atoms with Crippen molar-refractivity contribution < 1.29 is 9.90 Å². The molecular formula is C14H13Cl2N3O2. The molecule has 1 fully saturated rings. The molecule has 21 heavy (non-hydrogen) atoms. The Kier molecular flexibility index (Phi) is 3.89. The fourth-order valence-corrected chi connectivity index (χ4v) is 2.84. The first-order valence-corrected chi connectivity index (χ1v) is 7.27. The fraction of sp³-hybridized carbons (Fsp3) is 0.286. The first-order chi connectivity index (χ1) is 10.0. The standard InChI is InChI=1S/C14H13Cl2N3O2/c15-10-1-2-13(12(16)5-10)19-7-9(6-17-19)14(21)18-4-3-11(20)8-18/h1-2,5-7,11,20H,3-4,8H2/t11-/m1/s1. The predicted octanol–water partition coefficient (Wildman–Crippen LogP) is 2.39. The number of aromatic nitrogens is 2. The molecule has 0 unspecified atom stereocenters. The fourth-order valence-electron chi connectivity index (χ4n) is 2.34. The number of amides is 1. The molecule has 0 saturated carbocycles. The molecule has 1 aromatic heterocycles. The van der Waals surface area contributed by atoms with Crippen molar-refractivity contribution in [1.82, 2.24) is 14.7 Å². The van der Waals surface area contributed by atoms with Crippen molar-refractivity contribution >= 4 is 29.1 Å². The molecule has 110 valence electrons. The van der Waals surface area contributed by atoms with Crippen molar-refractivity contribution in [3.8, 4) is 5.69 Å². The number of hydrogen-bond donors (Lipinski definition) is 1. The number of nitrogens with zero attached hydrogens (tertiary/aromatic N) is 3. The Morgan fingerprint density at radius 2 is 2.19 bits per heavy atom. The van der Waals surface area contributed by atoms with E-state index in [1.165, 1.54) is 6.20 Å². The Bertz CT molecular complexity index is 687. The molecule has 0 spiro atoms. The molecule has 1 saturated heterocycles. The van der Waals surface area contributed by atoms with E-state index in [9.17, 15) is 9.90 Å². The molecule has 7 heteroatoms. The molecule has 2 heterocycles. The maximum atomic E-state index is 12.3. The number of rotatable bonds is 2. The van der Waals surface area contributed by atoms with Crippen molar-refractivity contribution in [2.75, 3.05) is 13.1 Å². The van der Waals surface area contributed by atoms with Crippen LogP contribution in [0, 0.1) is 0 Å². The smallest absolute Gasteiger partial charge is 0.257 e. The van der Waals surface area contributed by atoms with E-state index in [0.29, 0.717) is 40.8 Å². The summed E-state index contributed by atoms with van der Waals surface area (Å²) in [6.07, 6.45) is 3.30. The predicted molar refractivity (Wildman–Crippen MR) is 80.1 cm³/mol. The molecule has 1 amide bonds. The molecule has 0 radical (unpaired) electrons. The normalized spacial score (nSPS) is 18.2. The average Bonchev–Trinajstić information content (AvgIpc) is 3.07. The number of aliphatic hydroxyl groups is 1. The van der Waals surface area contributed by atoms with Gasteiger partial charge in [-0.25, -0.2) is 4.68 Å². The molecular weight excluding hydrogens is 313 g/mol. The zero-order valence-electron chi connectivity index (χ0n) is 11.0. The van der Waals surface area contributed by atoms with Crippen LogP contribution in [0.4, 0.5) is 0 Å². The summed E-state index contributed by atoms with van der Waals surface area (Å²) >= 11 is 12.0. The van der Waals surface area contributed by atoms with Gasteiger partial charge in [0.1, 0.15) is 0 Å². The third kappa shape index (κ3) is 2.90. The van der Waals surface area contributed by atoms with Gasteiger partial charge in [0.2, 0.25) is 0 Å². The van der Waals surface area contributed by atoms with E-state index in [-0.39, 0.29) is 5.91 Å². The average molecular weight is 326 g/mol. The number of carbonyl (C=O) groups is 1. The third-order valence-corrected chi connectivity index (χ3v) is 3.97. The monoisotopic (exact) mass is 325 g/mol. The zero-order valence-corrected chi connectivity index (χ0v) is 12.6. The quantitative estimate of drug-likeness (QED) is 0.922. The lowest BCUT2D eigenvalue weighted by Crippen LogP contribution is -2.29. The zero-order chi connectivity index (χ0) is 15.0. The molecule has 1 aromatic carbocycles. The van der Waals surface area contributed by atoms with Gasteiger partial charge in [-0.1, -0.05) is 23.2 Å². The van der Waals surface area contributed by atoms with Gasteiger partial charge in [-0.3, -0.25) is 4.79 Å². The minimum atomic E-state index is -0.435. The molecule has 3 rings (SSSR count). The number of β-amino-alcohol motifs (C(OH)–C–C–N with tert-alkyl or cyclic N) is 1. The van der Waals surface area contributed by atoms with Crippen LogP contribution >= 0.6 is 23.2 Å². The van der Waals surface area contributed by atoms with E-state index in [1.54, 1.807) is 34.0 Å². The summed E-state index contributed by atoms with van der Waals surface area (Å²) in [6.45, 7) is 0.929. The van der Waals surface area contributed by atoms with E-state index in [0.717, 1.165) is 0 Å². The lowest BCUT2D eigenvalue weighted by molar-refractivity contribution is 0.0765. The number of hydrogen-bond acceptors (Lipinski definition) is 3. The molecule has 1 N–H and O–H groups in total. The Morgan fingerprint density at radius 3 is 2.86 bits per heavy atom. The van der Waals surface area contributed by atoms with Crippen LogP contribution in [0.1, 0.15) is 16.8 Å². The lowest BCUT2D eigenvalue weighted by atomic mass is 10.3. The summed E-state index contributed by atoms with van der Waals surface area (Å²) in [5.41, 5.74) is 1.12. The van der Waals surface area contributed by atoms with Crippen LogP contribution in [-0.2, 0) is 0 Å². The number of aliphatic hydroxyl groups excluding tert-OH is 1. The second-order valence-electron chi connectivity index (χ2n) is 4.96. The highest BCUT2D eigenvalue weighted by molar-refractivity contribution is 6.35. The van der Waals surface area contributed by atoms with E-state index >= 15 is 0 Å². The molecule has 1 atom stereocenters. The SMILES string of the molecule is O=C(c1cnn(-c2ccc(Cl)cc2Cl)c1)N1CC[C@@H](O)C1. The van der Waals surface area contributed by atoms with Crippen LogP contribution in [-0.4, -0.2) is 44.9 Å². The van der Waals surface area contributed by atoms with Gasteiger partial charge < -0.3 is 10.0 Å². The van der Waals surface area contributed by atoms with Crippen LogP contribution in [0.5, 0.6) is 0 Å². The maximum Gasteiger partial charge on any atom is 0.257 e. The highest BCUT2D eigenvalue weighted by Crippen LogP contribution is 2.24. The number of likely N-dealkylation sites (tertiary alicyclic amines) is 1. The van der Waals surface area contributed by atoms with Crippen molar-refractivity contribution in [2.45, 2.75) is 12.5 Å². The van der Waals surface area contributed by atoms with Crippen LogP contribution in [0.25, 0.3) is 5.69 Å². The van der Waals surface area contributed by atoms with Crippen LogP contribution in [0.2, 0.25) is 10.0 Å². The van der Waals surface area contributed by atoms with Crippen molar-refractivity contribution in [2.24, 2.45) is 0 Å². The van der Waals surface area contributed by atoms with Crippen LogP contribution < -0.4 is 0 Å². The highest BCUT2D eigenvalue weighted by Gasteiger charge is 2.26. The third-order valence-electron chi connectivity index (χ3n) is 3.44. The van der Waals surface area contributed by atoms with Crippen LogP contribution in [0.3, 0.4) is 0 Å². The molecule has 0 aliphatic carbocycles. The van der Waals surface area contributed by atoms with Gasteiger partial charge in [0.05, 0.1) is 28.6 Å². The second-order valence-corrected chi connectivity index (χ2v) is 5.81. The van der Waals surface area contributed by atoms with Gasteiger partial charge in [-0.15, -0.1) is 0 Å². The van der Waals surface area contributed by atoms with Gasteiger partial charge in [-0.2, -0.15) is 5.10 Å². The Labute approximate surface area is 131 Å². The van der Waals surface area contributed by atoms with Crippen molar-refractivity contribution in [1.29, 1.82) is 0 Å². The molecule has 5 nitrogen and oxygen atoms in total. The van der Waals surface area contributed by atoms with Gasteiger partial charge in [0.15, 0.2) is 0 Å². The van der Waals surface area contributed by atoms with Crippen LogP contribution in [0.15, 0.2) is 30.6 Å². The number of halogens is 2. The van der Waals surface area contributed by atoms with Gasteiger partial charge >= 0.3 is 0 Å². The molecule has 1 aliphatic rings. The molecule has 2 aromatic rings. The Hall–Kier alpha value is -1.56. The minimum Gasteiger partial charge on any atom is -0.391 e. The number of benzene rings is 1. The first kappa shape index (κ1) is 14.4. The summed E-state index contributed by atoms with van der Waals surface area (Å²) in [4.78, 5) is 13.9.